The lowest BCUT2D eigenvalue weighted by Gasteiger charge is -2.15. The molecule has 1 saturated heterocycles. The van der Waals surface area contributed by atoms with E-state index < -0.39 is 4.92 Å². The predicted molar refractivity (Wildman–Crippen MR) is 92.0 cm³/mol. The number of carbonyl (C=O) groups is 1. The number of nitrogens with one attached hydrogen (secondary N) is 1. The van der Waals surface area contributed by atoms with Crippen LogP contribution in [-0.4, -0.2) is 39.8 Å². The van der Waals surface area contributed by atoms with Crippen molar-refractivity contribution in [3.05, 3.63) is 58.2 Å². The van der Waals surface area contributed by atoms with Gasteiger partial charge in [0.2, 0.25) is 5.91 Å². The number of pyridine rings is 1. The molecule has 8 heteroatoms. The number of carbonyl (C=O) groups excluding carboxylic acids is 1. The van der Waals surface area contributed by atoms with Crippen molar-refractivity contribution >= 4 is 23.5 Å². The summed E-state index contributed by atoms with van der Waals surface area (Å²) in [5.41, 5.74) is -0.0490. The van der Waals surface area contributed by atoms with Crippen molar-refractivity contribution in [2.75, 3.05) is 18.4 Å². The molecule has 3 heterocycles. The molecule has 3 rings (SSSR count). The molecule has 0 radical (unpaired) electrons. The zero-order valence-corrected chi connectivity index (χ0v) is 13.7. The summed E-state index contributed by atoms with van der Waals surface area (Å²) in [4.78, 5) is 28.1. The summed E-state index contributed by atoms with van der Waals surface area (Å²) in [6, 6.07) is 6.70. The lowest BCUT2D eigenvalue weighted by atomic mass is 10.2. The Bertz CT molecular complexity index is 797. The number of nitro groups is 1. The minimum Gasteiger partial charge on any atom is -0.462 e. The Morgan fingerprint density at radius 3 is 2.92 bits per heavy atom. The Kier molecular flexibility index (Phi) is 4.78. The van der Waals surface area contributed by atoms with E-state index in [2.05, 4.69) is 10.3 Å². The average Bonchev–Trinajstić information content (AvgIpc) is 3.22. The molecule has 2 aromatic heterocycles. The molecule has 1 unspecified atom stereocenters. The molecule has 1 fully saturated rings. The van der Waals surface area contributed by atoms with Crippen molar-refractivity contribution in [3.63, 3.8) is 0 Å². The van der Waals surface area contributed by atoms with E-state index in [-0.39, 0.29) is 17.6 Å². The van der Waals surface area contributed by atoms with Gasteiger partial charge in [-0.2, -0.15) is 0 Å². The number of likely N-dealkylation sites (tertiary alicyclic amines) is 1. The van der Waals surface area contributed by atoms with Gasteiger partial charge >= 0.3 is 0 Å². The van der Waals surface area contributed by atoms with Gasteiger partial charge in [-0.3, -0.25) is 14.9 Å². The highest BCUT2D eigenvalue weighted by Gasteiger charge is 2.25. The van der Waals surface area contributed by atoms with Crippen LogP contribution in [0.4, 0.5) is 11.5 Å². The monoisotopic (exact) mass is 342 g/mol. The molecule has 8 nitrogen and oxygen atoms in total. The largest absolute Gasteiger partial charge is 0.462 e. The third-order valence-electron chi connectivity index (χ3n) is 3.96. The van der Waals surface area contributed by atoms with Gasteiger partial charge in [0.05, 0.1) is 4.92 Å². The summed E-state index contributed by atoms with van der Waals surface area (Å²) in [6.07, 6.45) is 5.17. The van der Waals surface area contributed by atoms with E-state index in [1.807, 2.05) is 19.1 Å². The normalized spacial score (nSPS) is 17.2. The van der Waals surface area contributed by atoms with E-state index in [1.165, 1.54) is 18.3 Å². The van der Waals surface area contributed by atoms with Crippen LogP contribution in [0.15, 0.2) is 41.0 Å². The van der Waals surface area contributed by atoms with Crippen LogP contribution in [-0.2, 0) is 4.79 Å². The molecule has 25 heavy (non-hydrogen) atoms. The second kappa shape index (κ2) is 7.16. The molecule has 0 aromatic carbocycles. The molecule has 2 aromatic rings. The van der Waals surface area contributed by atoms with Crippen LogP contribution >= 0.6 is 0 Å². The Morgan fingerprint density at radius 2 is 2.28 bits per heavy atom. The van der Waals surface area contributed by atoms with Gasteiger partial charge in [0.1, 0.15) is 23.5 Å². The van der Waals surface area contributed by atoms with Crippen LogP contribution < -0.4 is 5.32 Å². The second-order valence-electron chi connectivity index (χ2n) is 5.85. The summed E-state index contributed by atoms with van der Waals surface area (Å²) in [6.45, 7) is 3.05. The van der Waals surface area contributed by atoms with Crippen molar-refractivity contribution in [1.82, 2.24) is 9.88 Å². The van der Waals surface area contributed by atoms with Crippen LogP contribution in [0.5, 0.6) is 0 Å². The highest BCUT2D eigenvalue weighted by atomic mass is 16.6. The molecule has 0 aliphatic carbocycles. The fourth-order valence-corrected chi connectivity index (χ4v) is 2.67. The fourth-order valence-electron chi connectivity index (χ4n) is 2.67. The lowest BCUT2D eigenvalue weighted by Crippen LogP contribution is -2.30. The minimum absolute atomic E-state index is 0.0490. The maximum Gasteiger partial charge on any atom is 0.287 e. The van der Waals surface area contributed by atoms with E-state index in [1.54, 1.807) is 17.0 Å². The zero-order chi connectivity index (χ0) is 17.8. The average molecular weight is 342 g/mol. The van der Waals surface area contributed by atoms with E-state index in [0.717, 1.165) is 12.2 Å². The number of aryl methyl sites for hydroxylation is 1. The first-order valence-electron chi connectivity index (χ1n) is 7.91. The van der Waals surface area contributed by atoms with Crippen molar-refractivity contribution in [2.24, 2.45) is 0 Å². The van der Waals surface area contributed by atoms with Crippen LogP contribution in [0.1, 0.15) is 17.9 Å². The van der Waals surface area contributed by atoms with Gasteiger partial charge in [-0.05, 0) is 37.6 Å². The van der Waals surface area contributed by atoms with Crippen molar-refractivity contribution in [3.8, 4) is 0 Å². The number of amides is 1. The number of nitrogens with zero attached hydrogens (tertiary/aromatic N) is 3. The third kappa shape index (κ3) is 4.23. The molecule has 1 N–H and O–H groups in total. The lowest BCUT2D eigenvalue weighted by molar-refractivity contribution is -0.385. The number of rotatable bonds is 5. The molecule has 1 aliphatic heterocycles. The maximum absolute atomic E-state index is 12.2. The number of furan rings is 1. The number of anilines is 1. The van der Waals surface area contributed by atoms with E-state index in [9.17, 15) is 14.9 Å². The number of hydrogen-bond donors (Lipinski definition) is 1. The Balaban J connectivity index is 1.53. The van der Waals surface area contributed by atoms with Crippen molar-refractivity contribution in [2.45, 2.75) is 19.4 Å². The summed E-state index contributed by atoms with van der Waals surface area (Å²) in [7, 11) is 0. The van der Waals surface area contributed by atoms with Gasteiger partial charge in [-0.15, -0.1) is 0 Å². The van der Waals surface area contributed by atoms with Gasteiger partial charge in [-0.25, -0.2) is 4.98 Å². The molecule has 1 atom stereocenters. The van der Waals surface area contributed by atoms with Crippen molar-refractivity contribution < 1.29 is 14.1 Å². The Hall–Kier alpha value is -3.16. The molecule has 130 valence electrons. The highest BCUT2D eigenvalue weighted by Crippen LogP contribution is 2.17. The van der Waals surface area contributed by atoms with E-state index in [0.29, 0.717) is 24.7 Å². The Morgan fingerprint density at radius 1 is 1.44 bits per heavy atom. The molecule has 1 aliphatic rings. The summed E-state index contributed by atoms with van der Waals surface area (Å²) in [5, 5.41) is 13.8. The summed E-state index contributed by atoms with van der Waals surface area (Å²) >= 11 is 0. The van der Waals surface area contributed by atoms with Crippen LogP contribution in [0.2, 0.25) is 0 Å². The molecule has 0 spiro atoms. The standard InChI is InChI=1S/C17H18N4O4/c1-12-2-4-15(25-12)5-7-17(22)20-9-8-13(11-20)19-16-6-3-14(10-18-16)21(23)24/h2-7,10,13H,8-9,11H2,1H3,(H,18,19). The fraction of sp³-hybridized carbons (Fsp3) is 0.294. The first-order valence-corrected chi connectivity index (χ1v) is 7.91. The first-order chi connectivity index (χ1) is 12.0. The second-order valence-corrected chi connectivity index (χ2v) is 5.85. The van der Waals surface area contributed by atoms with E-state index >= 15 is 0 Å². The van der Waals surface area contributed by atoms with Crippen molar-refractivity contribution in [1.29, 1.82) is 0 Å². The Labute approximate surface area is 144 Å². The number of aromatic nitrogens is 1. The van der Waals surface area contributed by atoms with Gasteiger partial charge in [0, 0.05) is 31.3 Å². The van der Waals surface area contributed by atoms with Gasteiger partial charge in [-0.1, -0.05) is 0 Å². The molecule has 0 bridgehead atoms. The quantitative estimate of drug-likeness (QED) is 0.509. The summed E-state index contributed by atoms with van der Waals surface area (Å²) < 4.78 is 5.40. The van der Waals surface area contributed by atoms with Crippen LogP contribution in [0.3, 0.4) is 0 Å². The van der Waals surface area contributed by atoms with Gasteiger partial charge < -0.3 is 14.6 Å². The van der Waals surface area contributed by atoms with Gasteiger partial charge in [0.15, 0.2) is 0 Å². The minimum atomic E-state index is -0.487. The zero-order valence-electron chi connectivity index (χ0n) is 13.7. The van der Waals surface area contributed by atoms with Gasteiger partial charge in [0.25, 0.3) is 5.69 Å². The maximum atomic E-state index is 12.2. The van der Waals surface area contributed by atoms with Crippen LogP contribution in [0, 0.1) is 17.0 Å². The highest BCUT2D eigenvalue weighted by molar-refractivity contribution is 5.91. The topological polar surface area (TPSA) is 102 Å². The molecule has 1 amide bonds. The molecular formula is C17H18N4O4. The van der Waals surface area contributed by atoms with Crippen LogP contribution in [0.25, 0.3) is 6.08 Å². The number of hydrogen-bond acceptors (Lipinski definition) is 6. The molecule has 0 saturated carbocycles. The molecular weight excluding hydrogens is 324 g/mol. The summed E-state index contributed by atoms with van der Waals surface area (Å²) in [5.74, 6) is 1.93. The van der Waals surface area contributed by atoms with E-state index in [4.69, 9.17) is 4.42 Å². The first kappa shape index (κ1) is 16.7. The smallest absolute Gasteiger partial charge is 0.287 e. The SMILES string of the molecule is Cc1ccc(C=CC(=O)N2CCC(Nc3ccc([N+](=O)[O-])cn3)C2)o1. The predicted octanol–water partition coefficient (Wildman–Crippen LogP) is 2.62. The third-order valence-corrected chi connectivity index (χ3v) is 3.96.